The van der Waals surface area contributed by atoms with Crippen molar-refractivity contribution in [2.24, 2.45) is 0 Å². The molecule has 0 aliphatic rings. The molecule has 0 aliphatic heterocycles. The highest BCUT2D eigenvalue weighted by atomic mass is 35.5. The maximum atomic E-state index is 13.6. The predicted molar refractivity (Wildman–Crippen MR) is 141 cm³/mol. The van der Waals surface area contributed by atoms with Gasteiger partial charge >= 0.3 is 0 Å². The minimum Gasteiger partial charge on any atom is -0.352 e. The van der Waals surface area contributed by atoms with Gasteiger partial charge in [-0.1, -0.05) is 61.0 Å². The van der Waals surface area contributed by atoms with Crippen LogP contribution in [0.25, 0.3) is 0 Å². The fourth-order valence-corrected chi connectivity index (χ4v) is 4.45. The summed E-state index contributed by atoms with van der Waals surface area (Å²) < 4.78 is 13.5. The van der Waals surface area contributed by atoms with E-state index in [1.54, 1.807) is 29.2 Å². The lowest BCUT2D eigenvalue weighted by molar-refractivity contribution is -0.139. The highest BCUT2D eigenvalue weighted by molar-refractivity contribution is 8.00. The first-order chi connectivity index (χ1) is 16.9. The largest absolute Gasteiger partial charge is 0.352 e. The van der Waals surface area contributed by atoms with Gasteiger partial charge in [-0.15, -0.1) is 11.8 Å². The van der Waals surface area contributed by atoms with Crippen molar-refractivity contribution in [3.05, 3.63) is 101 Å². The van der Waals surface area contributed by atoms with Crippen LogP contribution in [0.3, 0.4) is 0 Å². The minimum atomic E-state index is -0.713. The van der Waals surface area contributed by atoms with Gasteiger partial charge in [-0.25, -0.2) is 4.39 Å². The molecule has 3 rings (SSSR count). The van der Waals surface area contributed by atoms with Crippen LogP contribution in [0.4, 0.5) is 4.39 Å². The Morgan fingerprint density at radius 1 is 0.971 bits per heavy atom. The van der Waals surface area contributed by atoms with Crippen LogP contribution in [-0.2, 0) is 22.6 Å². The lowest BCUT2D eigenvalue weighted by atomic mass is 10.0. The predicted octanol–water partition coefficient (Wildman–Crippen LogP) is 6.13. The topological polar surface area (TPSA) is 49.4 Å². The zero-order valence-electron chi connectivity index (χ0n) is 19.9. The summed E-state index contributed by atoms with van der Waals surface area (Å²) in [5.74, 6) is -0.560. The number of amides is 2. The Hall–Kier alpha value is -2.83. The molecule has 184 valence electrons. The van der Waals surface area contributed by atoms with Crippen molar-refractivity contribution in [1.29, 1.82) is 0 Å². The first-order valence-corrected chi connectivity index (χ1v) is 13.0. The number of hydrogen-bond donors (Lipinski definition) is 1. The van der Waals surface area contributed by atoms with Crippen LogP contribution < -0.4 is 5.32 Å². The fraction of sp³-hybridized carbons (Fsp3) is 0.286. The van der Waals surface area contributed by atoms with Crippen molar-refractivity contribution >= 4 is 35.2 Å². The minimum absolute atomic E-state index is 0.0213. The third-order valence-corrected chi connectivity index (χ3v) is 6.96. The van der Waals surface area contributed by atoms with Gasteiger partial charge in [-0.3, -0.25) is 9.59 Å². The van der Waals surface area contributed by atoms with Crippen LogP contribution in [0.1, 0.15) is 31.4 Å². The molecular weight excluding hydrogens is 483 g/mol. The third kappa shape index (κ3) is 8.41. The quantitative estimate of drug-likeness (QED) is 0.314. The Morgan fingerprint density at radius 3 is 2.26 bits per heavy atom. The summed E-state index contributed by atoms with van der Waals surface area (Å²) in [6, 6.07) is 22.2. The Labute approximate surface area is 215 Å². The summed E-state index contributed by atoms with van der Waals surface area (Å²) in [5.41, 5.74) is 1.71. The van der Waals surface area contributed by atoms with Gasteiger partial charge in [0, 0.05) is 28.9 Å². The van der Waals surface area contributed by atoms with Crippen LogP contribution in [0.2, 0.25) is 5.02 Å². The number of benzene rings is 3. The van der Waals surface area contributed by atoms with Gasteiger partial charge in [0.05, 0.1) is 5.75 Å². The molecule has 7 heteroatoms. The second-order valence-electron chi connectivity index (χ2n) is 8.41. The summed E-state index contributed by atoms with van der Waals surface area (Å²) in [6.45, 7) is 4.15. The Bertz CT molecular complexity index is 1090. The van der Waals surface area contributed by atoms with Gasteiger partial charge in [0.1, 0.15) is 11.9 Å². The van der Waals surface area contributed by atoms with Crippen LogP contribution >= 0.6 is 23.4 Å². The number of carbonyl (C=O) groups excluding carboxylic acids is 2. The van der Waals surface area contributed by atoms with Crippen molar-refractivity contribution in [3.63, 3.8) is 0 Å². The number of rotatable bonds is 11. The third-order valence-electron chi connectivity index (χ3n) is 5.71. The zero-order chi connectivity index (χ0) is 25.2. The van der Waals surface area contributed by atoms with E-state index in [-0.39, 0.29) is 36.0 Å². The molecule has 3 aromatic rings. The monoisotopic (exact) mass is 512 g/mol. The van der Waals surface area contributed by atoms with Gasteiger partial charge in [0.25, 0.3) is 0 Å². The Kier molecular flexibility index (Phi) is 10.2. The van der Waals surface area contributed by atoms with Crippen molar-refractivity contribution in [1.82, 2.24) is 10.2 Å². The summed E-state index contributed by atoms with van der Waals surface area (Å²) >= 11 is 7.37. The molecular formula is C28H30ClFN2O2S. The molecule has 0 saturated carbocycles. The smallest absolute Gasteiger partial charge is 0.243 e. The number of carbonyl (C=O) groups is 2. The number of thioether (sulfide) groups is 1. The second kappa shape index (κ2) is 13.3. The highest BCUT2D eigenvalue weighted by Gasteiger charge is 2.31. The van der Waals surface area contributed by atoms with Gasteiger partial charge in [-0.05, 0) is 60.9 Å². The van der Waals surface area contributed by atoms with Crippen LogP contribution in [0, 0.1) is 5.82 Å². The van der Waals surface area contributed by atoms with Crippen molar-refractivity contribution in [2.75, 3.05) is 5.75 Å². The Balaban J connectivity index is 1.89. The van der Waals surface area contributed by atoms with E-state index >= 15 is 0 Å². The zero-order valence-corrected chi connectivity index (χ0v) is 21.5. The van der Waals surface area contributed by atoms with Crippen molar-refractivity contribution < 1.29 is 14.0 Å². The molecule has 1 N–H and O–H groups in total. The molecule has 2 amide bonds. The molecule has 2 atom stereocenters. The number of hydrogen-bond acceptors (Lipinski definition) is 3. The molecule has 0 heterocycles. The molecule has 4 nitrogen and oxygen atoms in total. The normalized spacial score (nSPS) is 12.6. The number of nitrogens with zero attached hydrogens (tertiary/aromatic N) is 1. The summed E-state index contributed by atoms with van der Waals surface area (Å²) in [6.07, 6.45) is 1.16. The SMILES string of the molecule is CC[C@H](C)NC(=O)[C@@H](Cc1ccccc1)N(Cc1ccc(F)cc1)C(=O)CSc1ccc(Cl)cc1. The van der Waals surface area contributed by atoms with E-state index in [0.29, 0.717) is 11.4 Å². The first-order valence-electron chi connectivity index (χ1n) is 11.6. The van der Waals surface area contributed by atoms with Crippen LogP contribution in [0.5, 0.6) is 0 Å². The van der Waals surface area contributed by atoms with Gasteiger partial charge in [0.2, 0.25) is 11.8 Å². The van der Waals surface area contributed by atoms with E-state index in [4.69, 9.17) is 11.6 Å². The van der Waals surface area contributed by atoms with Gasteiger partial charge in [-0.2, -0.15) is 0 Å². The molecule has 0 unspecified atom stereocenters. The van der Waals surface area contributed by atoms with E-state index in [9.17, 15) is 14.0 Å². The summed E-state index contributed by atoms with van der Waals surface area (Å²) in [7, 11) is 0. The van der Waals surface area contributed by atoms with Gasteiger partial charge in [0.15, 0.2) is 0 Å². The van der Waals surface area contributed by atoms with Crippen LogP contribution in [-0.4, -0.2) is 34.6 Å². The number of nitrogens with one attached hydrogen (secondary N) is 1. The van der Waals surface area contributed by atoms with E-state index < -0.39 is 6.04 Å². The molecule has 3 aromatic carbocycles. The average Bonchev–Trinajstić information content (AvgIpc) is 2.87. The molecule has 0 aliphatic carbocycles. The second-order valence-corrected chi connectivity index (χ2v) is 9.90. The van der Waals surface area contributed by atoms with E-state index in [2.05, 4.69) is 5.32 Å². The standard InChI is InChI=1S/C28H30ClFN2O2S/c1-3-20(2)31-28(34)26(17-21-7-5-4-6-8-21)32(18-22-9-13-24(30)14-10-22)27(33)19-35-25-15-11-23(29)12-16-25/h4-16,20,26H,3,17-19H2,1-2H3,(H,31,34)/t20-,26+/m0/s1. The molecule has 0 fully saturated rings. The molecule has 35 heavy (non-hydrogen) atoms. The van der Waals surface area contributed by atoms with E-state index in [1.807, 2.05) is 56.3 Å². The highest BCUT2D eigenvalue weighted by Crippen LogP contribution is 2.23. The van der Waals surface area contributed by atoms with Crippen molar-refractivity contribution in [2.45, 2.75) is 50.2 Å². The Morgan fingerprint density at radius 2 is 1.63 bits per heavy atom. The lowest BCUT2D eigenvalue weighted by Crippen LogP contribution is -2.52. The maximum absolute atomic E-state index is 13.6. The van der Waals surface area contributed by atoms with Crippen LogP contribution in [0.15, 0.2) is 83.8 Å². The van der Waals surface area contributed by atoms with E-state index in [1.165, 1.54) is 23.9 Å². The molecule has 0 aromatic heterocycles. The lowest BCUT2D eigenvalue weighted by Gasteiger charge is -2.32. The molecule has 0 spiro atoms. The molecule has 0 bridgehead atoms. The fourth-order valence-electron chi connectivity index (χ4n) is 3.54. The van der Waals surface area contributed by atoms with Gasteiger partial charge < -0.3 is 10.2 Å². The summed E-state index contributed by atoms with van der Waals surface area (Å²) in [5, 5.41) is 3.67. The molecule has 0 saturated heterocycles. The number of halogens is 2. The van der Waals surface area contributed by atoms with E-state index in [0.717, 1.165) is 22.4 Å². The summed E-state index contributed by atoms with van der Waals surface area (Å²) in [4.78, 5) is 29.5. The van der Waals surface area contributed by atoms with Crippen molar-refractivity contribution in [3.8, 4) is 0 Å². The first kappa shape index (κ1) is 26.8. The maximum Gasteiger partial charge on any atom is 0.243 e. The molecule has 0 radical (unpaired) electrons. The average molecular weight is 513 g/mol.